The zero-order chi connectivity index (χ0) is 12.1. The van der Waals surface area contributed by atoms with Gasteiger partial charge in [0.25, 0.3) is 0 Å². The lowest BCUT2D eigenvalue weighted by Crippen LogP contribution is -1.80. The first-order valence-electron chi connectivity index (χ1n) is 5.31. The van der Waals surface area contributed by atoms with E-state index in [1.165, 1.54) is 4.70 Å². The number of fused-ring (bicyclic) bond motifs is 1. The Morgan fingerprint density at radius 2 is 1.65 bits per heavy atom. The molecule has 0 fully saturated rings. The van der Waals surface area contributed by atoms with Crippen LogP contribution < -0.4 is 0 Å². The van der Waals surface area contributed by atoms with Gasteiger partial charge in [0.15, 0.2) is 0 Å². The number of hydrogen-bond donors (Lipinski definition) is 0. The summed E-state index contributed by atoms with van der Waals surface area (Å²) in [6, 6.07) is 9.99. The van der Waals surface area contributed by atoms with Gasteiger partial charge in [0.2, 0.25) is 0 Å². The summed E-state index contributed by atoms with van der Waals surface area (Å²) < 4.78 is 1.28. The number of benzene rings is 1. The van der Waals surface area contributed by atoms with E-state index in [0.29, 0.717) is 0 Å². The highest BCUT2D eigenvalue weighted by atomic mass is 32.1. The first kappa shape index (κ1) is 11.7. The van der Waals surface area contributed by atoms with Crippen molar-refractivity contribution in [1.82, 2.24) is 15.0 Å². The third kappa shape index (κ3) is 3.32. The molecule has 0 spiro atoms. The molecular formula is C13H13N3S. The van der Waals surface area contributed by atoms with Gasteiger partial charge in [-0.25, -0.2) is 15.0 Å². The van der Waals surface area contributed by atoms with Gasteiger partial charge in [-0.15, -0.1) is 11.3 Å². The molecule has 0 atom stereocenters. The highest BCUT2D eigenvalue weighted by Gasteiger charge is 1.95. The Hall–Kier alpha value is -1.81. The number of rotatable bonds is 0. The largest absolute Gasteiger partial charge is 0.242 e. The molecule has 4 heteroatoms. The third-order valence-electron chi connectivity index (χ3n) is 2.10. The molecular weight excluding hydrogens is 230 g/mol. The van der Waals surface area contributed by atoms with E-state index in [9.17, 15) is 0 Å². The molecule has 0 unspecified atom stereocenters. The van der Waals surface area contributed by atoms with Crippen molar-refractivity contribution in [3.05, 3.63) is 53.6 Å². The van der Waals surface area contributed by atoms with Gasteiger partial charge < -0.3 is 0 Å². The summed E-state index contributed by atoms with van der Waals surface area (Å²) in [5, 5.41) is 1.14. The molecule has 3 rings (SSSR count). The number of nitrogens with zero attached hydrogens (tertiary/aromatic N) is 3. The van der Waals surface area contributed by atoms with Gasteiger partial charge in [-0.05, 0) is 32.0 Å². The predicted molar refractivity (Wildman–Crippen MR) is 71.1 cm³/mol. The van der Waals surface area contributed by atoms with Crippen molar-refractivity contribution in [3.63, 3.8) is 0 Å². The quantitative estimate of drug-likeness (QED) is 0.607. The number of thiazole rings is 1. The second-order valence-electron chi connectivity index (χ2n) is 3.50. The molecule has 0 amide bonds. The summed E-state index contributed by atoms with van der Waals surface area (Å²) in [7, 11) is 0. The van der Waals surface area contributed by atoms with E-state index in [4.69, 9.17) is 0 Å². The van der Waals surface area contributed by atoms with Crippen molar-refractivity contribution in [2.75, 3.05) is 0 Å². The summed E-state index contributed by atoms with van der Waals surface area (Å²) in [5.74, 6) is 0.822. The molecule has 0 aliphatic carbocycles. The maximum Gasteiger partial charge on any atom is 0.125 e. The normalized spacial score (nSPS) is 9.76. The number of hydrogen-bond acceptors (Lipinski definition) is 4. The summed E-state index contributed by atoms with van der Waals surface area (Å²) in [5.41, 5.74) is 1.12. The Morgan fingerprint density at radius 3 is 2.24 bits per heavy atom. The van der Waals surface area contributed by atoms with E-state index in [0.717, 1.165) is 16.3 Å². The molecule has 0 saturated carbocycles. The topological polar surface area (TPSA) is 38.7 Å². The standard InChI is InChI=1S/C8H7NS.C5H6N2/c1-6-9-7-4-2-3-5-8(7)10-6;1-5-6-3-2-4-7-5/h2-5H,1H3;2-4H,1H3. The van der Waals surface area contributed by atoms with Crippen molar-refractivity contribution >= 4 is 21.6 Å². The third-order valence-corrected chi connectivity index (χ3v) is 3.05. The van der Waals surface area contributed by atoms with Crippen LogP contribution in [-0.4, -0.2) is 15.0 Å². The fraction of sp³-hybridized carbons (Fsp3) is 0.154. The molecule has 3 nitrogen and oxygen atoms in total. The number of aromatic nitrogens is 3. The zero-order valence-electron chi connectivity index (χ0n) is 9.79. The van der Waals surface area contributed by atoms with Crippen molar-refractivity contribution in [2.24, 2.45) is 0 Å². The Morgan fingerprint density at radius 1 is 0.941 bits per heavy atom. The van der Waals surface area contributed by atoms with Gasteiger partial charge in [-0.2, -0.15) is 0 Å². The van der Waals surface area contributed by atoms with E-state index < -0.39 is 0 Å². The number of para-hydroxylation sites is 1. The van der Waals surface area contributed by atoms with Crippen LogP contribution >= 0.6 is 11.3 Å². The minimum absolute atomic E-state index is 0.822. The molecule has 17 heavy (non-hydrogen) atoms. The van der Waals surface area contributed by atoms with Crippen LogP contribution in [0.1, 0.15) is 10.8 Å². The van der Waals surface area contributed by atoms with Gasteiger partial charge in [0, 0.05) is 12.4 Å². The van der Waals surface area contributed by atoms with E-state index in [-0.39, 0.29) is 0 Å². The van der Waals surface area contributed by atoms with Crippen LogP contribution in [0.15, 0.2) is 42.7 Å². The van der Waals surface area contributed by atoms with E-state index >= 15 is 0 Å². The minimum Gasteiger partial charge on any atom is -0.242 e. The zero-order valence-corrected chi connectivity index (χ0v) is 10.6. The summed E-state index contributed by atoms with van der Waals surface area (Å²) in [6.07, 6.45) is 3.45. The van der Waals surface area contributed by atoms with Gasteiger partial charge in [0.05, 0.1) is 15.2 Å². The van der Waals surface area contributed by atoms with Crippen LogP contribution in [0.3, 0.4) is 0 Å². The maximum atomic E-state index is 4.33. The molecule has 3 aromatic rings. The van der Waals surface area contributed by atoms with E-state index in [1.54, 1.807) is 29.8 Å². The Labute approximate surface area is 104 Å². The van der Waals surface area contributed by atoms with Crippen LogP contribution in [0.2, 0.25) is 0 Å². The second kappa shape index (κ2) is 5.50. The van der Waals surface area contributed by atoms with Gasteiger partial charge in [-0.1, -0.05) is 12.1 Å². The molecule has 0 N–H and O–H groups in total. The highest BCUT2D eigenvalue weighted by Crippen LogP contribution is 2.19. The summed E-state index contributed by atoms with van der Waals surface area (Å²) >= 11 is 1.74. The van der Waals surface area contributed by atoms with Crippen molar-refractivity contribution < 1.29 is 0 Å². The first-order chi connectivity index (χ1) is 8.25. The lowest BCUT2D eigenvalue weighted by molar-refractivity contribution is 1.05. The lowest BCUT2D eigenvalue weighted by Gasteiger charge is -1.81. The Kier molecular flexibility index (Phi) is 3.77. The van der Waals surface area contributed by atoms with Crippen molar-refractivity contribution in [1.29, 1.82) is 0 Å². The van der Waals surface area contributed by atoms with Crippen LogP contribution in [0, 0.1) is 13.8 Å². The second-order valence-corrected chi connectivity index (χ2v) is 4.73. The van der Waals surface area contributed by atoms with Gasteiger partial charge in [0.1, 0.15) is 5.82 Å². The van der Waals surface area contributed by atoms with Crippen LogP contribution in [0.4, 0.5) is 0 Å². The molecule has 2 aromatic heterocycles. The van der Waals surface area contributed by atoms with Gasteiger partial charge in [-0.3, -0.25) is 0 Å². The summed E-state index contributed by atoms with van der Waals surface area (Å²) in [6.45, 7) is 3.89. The first-order valence-corrected chi connectivity index (χ1v) is 6.13. The van der Waals surface area contributed by atoms with Crippen LogP contribution in [0.25, 0.3) is 10.2 Å². The van der Waals surface area contributed by atoms with Crippen LogP contribution in [0.5, 0.6) is 0 Å². The molecule has 0 radical (unpaired) electrons. The summed E-state index contributed by atoms with van der Waals surface area (Å²) in [4.78, 5) is 12.1. The molecule has 86 valence electrons. The predicted octanol–water partition coefficient (Wildman–Crippen LogP) is 3.39. The average Bonchev–Trinajstić information content (AvgIpc) is 2.71. The molecule has 0 bridgehead atoms. The van der Waals surface area contributed by atoms with Crippen molar-refractivity contribution in [2.45, 2.75) is 13.8 Å². The fourth-order valence-electron chi connectivity index (χ4n) is 1.36. The molecule has 0 saturated heterocycles. The van der Waals surface area contributed by atoms with Crippen LogP contribution in [-0.2, 0) is 0 Å². The minimum atomic E-state index is 0.822. The monoisotopic (exact) mass is 243 g/mol. The van der Waals surface area contributed by atoms with Crippen molar-refractivity contribution in [3.8, 4) is 0 Å². The molecule has 1 aromatic carbocycles. The molecule has 0 aliphatic heterocycles. The lowest BCUT2D eigenvalue weighted by atomic mass is 10.3. The average molecular weight is 243 g/mol. The highest BCUT2D eigenvalue weighted by molar-refractivity contribution is 7.18. The molecule has 0 aliphatic rings. The number of aryl methyl sites for hydroxylation is 2. The molecule has 2 heterocycles. The fourth-order valence-corrected chi connectivity index (χ4v) is 2.19. The Bertz CT molecular complexity index is 557. The van der Waals surface area contributed by atoms with E-state index in [1.807, 2.05) is 32.0 Å². The smallest absolute Gasteiger partial charge is 0.125 e. The maximum absolute atomic E-state index is 4.33. The van der Waals surface area contributed by atoms with E-state index in [2.05, 4.69) is 21.0 Å². The van der Waals surface area contributed by atoms with Gasteiger partial charge >= 0.3 is 0 Å². The Balaban J connectivity index is 0.000000136. The SMILES string of the molecule is Cc1nc2ccccc2s1.Cc1ncccn1.